The minimum Gasteiger partial charge on any atom is -0.478 e. The van der Waals surface area contributed by atoms with E-state index < -0.39 is 46.4 Å². The van der Waals surface area contributed by atoms with E-state index in [9.17, 15) is 24.8 Å². The molecule has 0 radical (unpaired) electrons. The molecule has 42 heavy (non-hydrogen) atoms. The number of nitriles is 1. The molecular formula is C31H27Cl2F2N3O4. The summed E-state index contributed by atoms with van der Waals surface area (Å²) in [4.78, 5) is 40.1. The highest BCUT2D eigenvalue weighted by molar-refractivity contribution is 6.31. The molecule has 1 fully saturated rings. The van der Waals surface area contributed by atoms with Gasteiger partial charge >= 0.3 is 12.0 Å². The Bertz CT molecular complexity index is 1600. The van der Waals surface area contributed by atoms with E-state index in [1.54, 1.807) is 0 Å². The number of amides is 3. The van der Waals surface area contributed by atoms with Crippen LogP contribution in [0.15, 0.2) is 60.7 Å². The first-order valence-electron chi connectivity index (χ1n) is 12.9. The molecule has 0 aromatic heterocycles. The van der Waals surface area contributed by atoms with Crippen molar-refractivity contribution in [1.82, 2.24) is 4.90 Å². The largest absolute Gasteiger partial charge is 0.478 e. The number of nitrogens with zero attached hydrogens (tertiary/aromatic N) is 3. The predicted octanol–water partition coefficient (Wildman–Crippen LogP) is 7.42. The maximum absolute atomic E-state index is 15.8. The van der Waals surface area contributed by atoms with Crippen LogP contribution in [0, 0.1) is 28.4 Å². The maximum atomic E-state index is 15.8. The molecule has 1 saturated heterocycles. The number of anilines is 1. The van der Waals surface area contributed by atoms with Crippen LogP contribution in [0.25, 0.3) is 0 Å². The Kier molecular flexibility index (Phi) is 8.63. The van der Waals surface area contributed by atoms with Crippen LogP contribution >= 0.6 is 23.2 Å². The summed E-state index contributed by atoms with van der Waals surface area (Å²) in [6.07, 6.45) is 0.385. The van der Waals surface area contributed by atoms with E-state index in [0.29, 0.717) is 0 Å². The lowest BCUT2D eigenvalue weighted by atomic mass is 9.64. The van der Waals surface area contributed by atoms with Crippen LogP contribution in [0.3, 0.4) is 0 Å². The van der Waals surface area contributed by atoms with Crippen LogP contribution in [0.2, 0.25) is 10.0 Å². The zero-order chi connectivity index (χ0) is 31.0. The molecule has 0 saturated carbocycles. The number of rotatable bonds is 6. The Balaban J connectivity index is 1.99. The summed E-state index contributed by atoms with van der Waals surface area (Å²) in [5.41, 5.74) is -2.66. The van der Waals surface area contributed by atoms with Crippen molar-refractivity contribution in [1.29, 1.82) is 5.26 Å². The Morgan fingerprint density at radius 1 is 1.14 bits per heavy atom. The van der Waals surface area contributed by atoms with Crippen LogP contribution in [0.1, 0.15) is 54.6 Å². The summed E-state index contributed by atoms with van der Waals surface area (Å²) in [6, 6.07) is 13.6. The second-order valence-corrected chi connectivity index (χ2v) is 12.2. The van der Waals surface area contributed by atoms with Crippen molar-refractivity contribution in [3.63, 3.8) is 0 Å². The topological polar surface area (TPSA) is 102 Å². The Hall–Kier alpha value is -4.00. The number of hydrogen-bond acceptors (Lipinski definition) is 4. The van der Waals surface area contributed by atoms with Gasteiger partial charge in [0.2, 0.25) is 6.41 Å². The number of urea groups is 1. The van der Waals surface area contributed by atoms with E-state index in [1.165, 1.54) is 53.4 Å². The van der Waals surface area contributed by atoms with E-state index in [-0.39, 0.29) is 51.8 Å². The van der Waals surface area contributed by atoms with Gasteiger partial charge in [-0.3, -0.25) is 4.79 Å². The van der Waals surface area contributed by atoms with Gasteiger partial charge in [0, 0.05) is 23.0 Å². The third-order valence-electron chi connectivity index (χ3n) is 7.48. The van der Waals surface area contributed by atoms with Crippen molar-refractivity contribution in [3.8, 4) is 6.07 Å². The number of hydrogen-bond donors (Lipinski definition) is 1. The highest BCUT2D eigenvalue weighted by atomic mass is 35.5. The molecule has 3 aromatic carbocycles. The van der Waals surface area contributed by atoms with Crippen LogP contribution in [0.5, 0.6) is 0 Å². The molecule has 1 aliphatic rings. The summed E-state index contributed by atoms with van der Waals surface area (Å²) < 4.78 is 31.4. The molecule has 1 aliphatic heterocycles. The summed E-state index contributed by atoms with van der Waals surface area (Å²) in [5, 5.41) is 20.2. The Morgan fingerprint density at radius 3 is 2.43 bits per heavy atom. The van der Waals surface area contributed by atoms with Crippen molar-refractivity contribution >= 4 is 47.3 Å². The quantitative estimate of drug-likeness (QED) is 0.291. The lowest BCUT2D eigenvalue weighted by Crippen LogP contribution is -2.51. The number of halogens is 4. The van der Waals surface area contributed by atoms with E-state index >= 15 is 8.78 Å². The van der Waals surface area contributed by atoms with Gasteiger partial charge in [0.25, 0.3) is 0 Å². The normalized spacial score (nSPS) is 20.2. The summed E-state index contributed by atoms with van der Waals surface area (Å²) >= 11 is 12.2. The van der Waals surface area contributed by atoms with Crippen LogP contribution in [-0.2, 0) is 10.2 Å². The molecule has 4 rings (SSSR count). The molecule has 11 heteroatoms. The van der Waals surface area contributed by atoms with E-state index in [1.807, 2.05) is 20.8 Å². The molecule has 1 N–H and O–H groups in total. The number of benzene rings is 3. The van der Waals surface area contributed by atoms with E-state index in [2.05, 4.69) is 6.07 Å². The SMILES string of the molecule is CC(C)(C)CC1N(C(=O)N(C=O)c2cccc(C(=O)O)c2)CC(c2cccc(Cl)c2F)C1(C#N)c1ccc(Cl)cc1F. The summed E-state index contributed by atoms with van der Waals surface area (Å²) in [5.74, 6) is -4.01. The first-order chi connectivity index (χ1) is 19.7. The highest BCUT2D eigenvalue weighted by Crippen LogP contribution is 2.54. The van der Waals surface area contributed by atoms with E-state index in [4.69, 9.17) is 23.2 Å². The van der Waals surface area contributed by atoms with Gasteiger partial charge in [-0.2, -0.15) is 5.26 Å². The van der Waals surface area contributed by atoms with Crippen LogP contribution < -0.4 is 4.90 Å². The average Bonchev–Trinajstić information content (AvgIpc) is 3.23. The molecule has 3 aromatic rings. The monoisotopic (exact) mass is 613 g/mol. The molecule has 1 heterocycles. The fraction of sp³-hybridized carbons (Fsp3) is 0.290. The fourth-order valence-electron chi connectivity index (χ4n) is 5.69. The fourth-order valence-corrected chi connectivity index (χ4v) is 6.03. The number of aromatic carboxylic acids is 1. The van der Waals surface area contributed by atoms with Crippen LogP contribution in [0.4, 0.5) is 19.3 Å². The van der Waals surface area contributed by atoms with Gasteiger partial charge in [-0.1, -0.05) is 68.2 Å². The van der Waals surface area contributed by atoms with Crippen molar-refractivity contribution < 1.29 is 28.3 Å². The van der Waals surface area contributed by atoms with Crippen molar-refractivity contribution in [3.05, 3.63) is 99.0 Å². The number of carbonyl (C=O) groups excluding carboxylic acids is 2. The molecule has 7 nitrogen and oxygen atoms in total. The molecule has 3 unspecified atom stereocenters. The van der Waals surface area contributed by atoms with Crippen molar-refractivity contribution in [2.45, 2.75) is 44.6 Å². The molecule has 3 amide bonds. The first kappa shape index (κ1) is 30.9. The molecule has 0 aliphatic carbocycles. The highest BCUT2D eigenvalue weighted by Gasteiger charge is 2.60. The zero-order valence-corrected chi connectivity index (χ0v) is 24.5. The van der Waals surface area contributed by atoms with Crippen molar-refractivity contribution in [2.24, 2.45) is 5.41 Å². The van der Waals surface area contributed by atoms with Gasteiger partial charge in [0.1, 0.15) is 17.0 Å². The Labute approximate surface area is 251 Å². The second-order valence-electron chi connectivity index (χ2n) is 11.3. The maximum Gasteiger partial charge on any atom is 0.335 e. The third-order valence-corrected chi connectivity index (χ3v) is 8.01. The van der Waals surface area contributed by atoms with Crippen LogP contribution in [-0.4, -0.2) is 41.0 Å². The molecular weight excluding hydrogens is 587 g/mol. The van der Waals surface area contributed by atoms with E-state index in [0.717, 1.165) is 17.0 Å². The minimum atomic E-state index is -1.85. The van der Waals surface area contributed by atoms with Gasteiger partial charge in [-0.05, 0) is 53.8 Å². The van der Waals surface area contributed by atoms with Gasteiger partial charge in [0.05, 0.1) is 28.4 Å². The third kappa shape index (κ3) is 5.57. The summed E-state index contributed by atoms with van der Waals surface area (Å²) in [7, 11) is 0. The number of carboxylic acids is 1. The Morgan fingerprint density at radius 2 is 1.83 bits per heavy atom. The lowest BCUT2D eigenvalue weighted by Gasteiger charge is -2.40. The number of carbonyl (C=O) groups is 3. The minimum absolute atomic E-state index is 0.00173. The predicted molar refractivity (Wildman–Crippen MR) is 155 cm³/mol. The summed E-state index contributed by atoms with van der Waals surface area (Å²) in [6.45, 7) is 5.33. The van der Waals surface area contributed by atoms with Gasteiger partial charge in [-0.25, -0.2) is 23.3 Å². The standard InChI is InChI=1S/C31H27Cl2F2N3O4/c1-30(2,3)14-26-31(16-36,22-11-10-19(32)13-25(22)34)23(21-8-5-9-24(33)27(21)35)15-37(26)29(42)38(17-39)20-7-4-6-18(12-20)28(40)41/h4-13,17,23,26H,14-15H2,1-3H3,(H,40,41). The number of imide groups is 1. The van der Waals surface area contributed by atoms with Crippen molar-refractivity contribution in [2.75, 3.05) is 11.4 Å². The number of carboxylic acid groups (broad SMARTS) is 1. The molecule has 0 bridgehead atoms. The molecule has 3 atom stereocenters. The molecule has 218 valence electrons. The second kappa shape index (κ2) is 11.7. The lowest BCUT2D eigenvalue weighted by molar-refractivity contribution is -0.107. The first-order valence-corrected chi connectivity index (χ1v) is 13.7. The zero-order valence-electron chi connectivity index (χ0n) is 22.9. The molecule has 0 spiro atoms. The smallest absolute Gasteiger partial charge is 0.335 e. The van der Waals surface area contributed by atoms with Gasteiger partial charge in [-0.15, -0.1) is 0 Å². The van der Waals surface area contributed by atoms with Gasteiger partial charge < -0.3 is 10.0 Å². The average molecular weight is 614 g/mol. The number of likely N-dealkylation sites (tertiary alicyclic amines) is 1. The van der Waals surface area contributed by atoms with Gasteiger partial charge in [0.15, 0.2) is 0 Å².